The average molecular weight is 573 g/mol. The van der Waals surface area contributed by atoms with E-state index in [4.69, 9.17) is 9.73 Å². The highest BCUT2D eigenvalue weighted by molar-refractivity contribution is 6.20. The normalized spacial score (nSPS) is 18.4. The number of hydrogen-bond acceptors (Lipinski definition) is 8. The van der Waals surface area contributed by atoms with Gasteiger partial charge < -0.3 is 20.3 Å². The third kappa shape index (κ3) is 4.99. The number of benzodiazepines with no additional fused rings is 1. The van der Waals surface area contributed by atoms with Crippen LogP contribution in [0.15, 0.2) is 96.4 Å². The number of pyridine rings is 1. The summed E-state index contributed by atoms with van der Waals surface area (Å²) in [6, 6.07) is 22.8. The molecule has 2 N–H and O–H groups in total. The highest BCUT2D eigenvalue weighted by atomic mass is 16.5. The molecule has 2 atom stereocenters. The van der Waals surface area contributed by atoms with Crippen LogP contribution in [0, 0.1) is 0 Å². The fourth-order valence-electron chi connectivity index (χ4n) is 5.44. The number of carbonyl (C=O) groups is 2. The molecule has 7 rings (SSSR count). The molecule has 2 aromatic carbocycles. The number of nitrogens with zero attached hydrogens (tertiary/aromatic N) is 6. The van der Waals surface area contributed by atoms with E-state index in [0.29, 0.717) is 41.5 Å². The predicted octanol–water partition coefficient (Wildman–Crippen LogP) is 3.56. The standard InChI is InChI=1S/C32H28N8O3/c1-20-19-43-17-16-39(20)25-13-12-22(18-34-25)28-26(30-33-14-7-15-40(30)38-28)31(41)37-29-32(42)35-24-11-6-5-10-23(24)27(36-29)21-8-3-2-4-9-21/h2-15,18,20,29H,16-17,19H2,1H3,(H,35,42)(H,37,41)/t20-,29+/m0/s1. The Bertz CT molecular complexity index is 1850. The minimum atomic E-state index is -1.20. The molecule has 11 heteroatoms. The molecular weight excluding hydrogens is 544 g/mol. The van der Waals surface area contributed by atoms with Crippen molar-refractivity contribution in [1.29, 1.82) is 0 Å². The van der Waals surface area contributed by atoms with Crippen LogP contribution < -0.4 is 15.5 Å². The van der Waals surface area contributed by atoms with Crippen molar-refractivity contribution in [1.82, 2.24) is 24.9 Å². The summed E-state index contributed by atoms with van der Waals surface area (Å²) in [5.41, 5.74) is 4.41. The summed E-state index contributed by atoms with van der Waals surface area (Å²) < 4.78 is 7.10. The fourth-order valence-corrected chi connectivity index (χ4v) is 5.44. The first-order valence-electron chi connectivity index (χ1n) is 14.1. The van der Waals surface area contributed by atoms with E-state index < -0.39 is 18.0 Å². The molecule has 0 unspecified atom stereocenters. The van der Waals surface area contributed by atoms with Crippen LogP contribution in [0.3, 0.4) is 0 Å². The second-order valence-corrected chi connectivity index (χ2v) is 10.4. The van der Waals surface area contributed by atoms with Crippen molar-refractivity contribution in [3.05, 3.63) is 108 Å². The minimum Gasteiger partial charge on any atom is -0.377 e. The van der Waals surface area contributed by atoms with E-state index in [-0.39, 0.29) is 11.6 Å². The van der Waals surface area contributed by atoms with Gasteiger partial charge in [-0.05, 0) is 31.2 Å². The van der Waals surface area contributed by atoms with Crippen LogP contribution in [-0.4, -0.2) is 69.1 Å². The molecule has 5 heterocycles. The zero-order chi connectivity index (χ0) is 29.3. The Hall–Kier alpha value is -5.42. The van der Waals surface area contributed by atoms with Gasteiger partial charge in [0.05, 0.1) is 30.7 Å². The van der Waals surface area contributed by atoms with Gasteiger partial charge in [-0.2, -0.15) is 5.10 Å². The molecule has 5 aromatic rings. The molecule has 0 spiro atoms. The molecule has 11 nitrogen and oxygen atoms in total. The first-order chi connectivity index (χ1) is 21.1. The largest absolute Gasteiger partial charge is 0.377 e. The van der Waals surface area contributed by atoms with Crippen LogP contribution in [0.5, 0.6) is 0 Å². The number of morpholine rings is 1. The molecule has 0 aliphatic carbocycles. The van der Waals surface area contributed by atoms with Crippen LogP contribution in [0.25, 0.3) is 16.9 Å². The molecule has 0 bridgehead atoms. The maximum absolute atomic E-state index is 14.0. The molecule has 0 radical (unpaired) electrons. The van der Waals surface area contributed by atoms with Gasteiger partial charge in [0.15, 0.2) is 5.65 Å². The third-order valence-corrected chi connectivity index (χ3v) is 7.57. The van der Waals surface area contributed by atoms with Gasteiger partial charge >= 0.3 is 0 Å². The summed E-state index contributed by atoms with van der Waals surface area (Å²) in [6.45, 7) is 4.13. The Morgan fingerprint density at radius 1 is 1.00 bits per heavy atom. The molecule has 2 aliphatic rings. The fraction of sp³-hybridized carbons (Fsp3) is 0.188. The minimum absolute atomic E-state index is 0.200. The predicted molar refractivity (Wildman–Crippen MR) is 162 cm³/mol. The SMILES string of the molecule is C[C@H]1COCCN1c1ccc(-c2nn3cccnc3c2C(=O)N[C@H]2N=C(c3ccccc3)c3ccccc3NC2=O)cn1. The Morgan fingerprint density at radius 2 is 1.84 bits per heavy atom. The zero-order valence-corrected chi connectivity index (χ0v) is 23.3. The molecular formula is C32H28N8O3. The number of hydrogen-bond donors (Lipinski definition) is 2. The number of anilines is 2. The number of para-hydroxylation sites is 1. The molecule has 214 valence electrons. The Morgan fingerprint density at radius 3 is 2.65 bits per heavy atom. The van der Waals surface area contributed by atoms with E-state index >= 15 is 0 Å². The Labute approximate surface area is 247 Å². The van der Waals surface area contributed by atoms with Crippen molar-refractivity contribution in [2.45, 2.75) is 19.1 Å². The van der Waals surface area contributed by atoms with Crippen LogP contribution >= 0.6 is 0 Å². The first kappa shape index (κ1) is 26.5. The topological polar surface area (TPSA) is 126 Å². The van der Waals surface area contributed by atoms with Crippen molar-refractivity contribution in [3.8, 4) is 11.3 Å². The van der Waals surface area contributed by atoms with Crippen LogP contribution in [0.1, 0.15) is 28.4 Å². The second-order valence-electron chi connectivity index (χ2n) is 10.4. The number of aromatic nitrogens is 4. The maximum Gasteiger partial charge on any atom is 0.269 e. The average Bonchev–Trinajstić information content (AvgIpc) is 3.37. The van der Waals surface area contributed by atoms with E-state index in [1.54, 1.807) is 29.2 Å². The summed E-state index contributed by atoms with van der Waals surface area (Å²) >= 11 is 0. The molecule has 1 saturated heterocycles. The van der Waals surface area contributed by atoms with E-state index in [2.05, 4.69) is 37.5 Å². The smallest absolute Gasteiger partial charge is 0.269 e. The summed E-state index contributed by atoms with van der Waals surface area (Å²) in [5, 5.41) is 10.4. The third-order valence-electron chi connectivity index (χ3n) is 7.57. The van der Waals surface area contributed by atoms with Gasteiger partial charge in [0.2, 0.25) is 6.17 Å². The summed E-state index contributed by atoms with van der Waals surface area (Å²) in [4.78, 5) is 43.5. The van der Waals surface area contributed by atoms with Gasteiger partial charge in [0.25, 0.3) is 11.8 Å². The Balaban J connectivity index is 1.25. The molecule has 2 amide bonds. The monoisotopic (exact) mass is 572 g/mol. The Kier molecular flexibility index (Phi) is 6.84. The van der Waals surface area contributed by atoms with E-state index in [1.165, 1.54) is 0 Å². The molecule has 1 fully saturated rings. The number of ether oxygens (including phenoxy) is 1. The molecule has 43 heavy (non-hydrogen) atoms. The number of aliphatic imine (C=N–C) groups is 1. The summed E-state index contributed by atoms with van der Waals surface area (Å²) in [7, 11) is 0. The maximum atomic E-state index is 14.0. The van der Waals surface area contributed by atoms with Crippen molar-refractivity contribution < 1.29 is 14.3 Å². The van der Waals surface area contributed by atoms with Gasteiger partial charge in [-0.25, -0.2) is 19.5 Å². The number of rotatable bonds is 5. The summed E-state index contributed by atoms with van der Waals surface area (Å²) in [5.74, 6) is -0.162. The molecule has 2 aliphatic heterocycles. The lowest BCUT2D eigenvalue weighted by atomic mass is 10.0. The number of benzene rings is 2. The quantitative estimate of drug-likeness (QED) is 0.330. The van der Waals surface area contributed by atoms with Gasteiger partial charge in [0.1, 0.15) is 17.1 Å². The number of fused-ring (bicyclic) bond motifs is 2. The van der Waals surface area contributed by atoms with Gasteiger partial charge in [-0.1, -0.05) is 48.5 Å². The lowest BCUT2D eigenvalue weighted by molar-refractivity contribution is -0.117. The number of carbonyl (C=O) groups excluding carboxylic acids is 2. The first-order valence-corrected chi connectivity index (χ1v) is 14.1. The van der Waals surface area contributed by atoms with E-state index in [0.717, 1.165) is 23.5 Å². The van der Waals surface area contributed by atoms with Crippen LogP contribution in [-0.2, 0) is 9.53 Å². The number of nitrogens with one attached hydrogen (secondary N) is 2. The lowest BCUT2D eigenvalue weighted by Crippen LogP contribution is -2.44. The second kappa shape index (κ2) is 11.1. The van der Waals surface area contributed by atoms with Crippen molar-refractivity contribution >= 4 is 34.7 Å². The lowest BCUT2D eigenvalue weighted by Gasteiger charge is -2.34. The zero-order valence-electron chi connectivity index (χ0n) is 23.3. The van der Waals surface area contributed by atoms with Crippen LogP contribution in [0.2, 0.25) is 0 Å². The number of amides is 2. The van der Waals surface area contributed by atoms with Crippen LogP contribution in [0.4, 0.5) is 11.5 Å². The highest BCUT2D eigenvalue weighted by Gasteiger charge is 2.30. The van der Waals surface area contributed by atoms with Gasteiger partial charge in [0, 0.05) is 41.8 Å². The van der Waals surface area contributed by atoms with Crippen molar-refractivity contribution in [3.63, 3.8) is 0 Å². The molecule has 3 aromatic heterocycles. The van der Waals surface area contributed by atoms with E-state index in [1.807, 2.05) is 66.7 Å². The van der Waals surface area contributed by atoms with E-state index in [9.17, 15) is 9.59 Å². The van der Waals surface area contributed by atoms with Gasteiger partial charge in [-0.15, -0.1) is 0 Å². The van der Waals surface area contributed by atoms with Gasteiger partial charge in [-0.3, -0.25) is 9.59 Å². The molecule has 0 saturated carbocycles. The highest BCUT2D eigenvalue weighted by Crippen LogP contribution is 2.28. The van der Waals surface area contributed by atoms with Crippen molar-refractivity contribution in [2.24, 2.45) is 4.99 Å². The summed E-state index contributed by atoms with van der Waals surface area (Å²) in [6.07, 6.45) is 3.82. The van der Waals surface area contributed by atoms with Crippen molar-refractivity contribution in [2.75, 3.05) is 30.0 Å².